The second-order valence-corrected chi connectivity index (χ2v) is 4.00. The summed E-state index contributed by atoms with van der Waals surface area (Å²) in [6.07, 6.45) is 4.64. The summed E-state index contributed by atoms with van der Waals surface area (Å²) in [7, 11) is 0. The quantitative estimate of drug-likeness (QED) is 0.535. The molecule has 1 aliphatic heterocycles. The largest absolute Gasteiger partial charge is 0.448 e. The predicted molar refractivity (Wildman–Crippen MR) is 55.2 cm³/mol. The van der Waals surface area contributed by atoms with Crippen LogP contribution >= 0.6 is 15.9 Å². The number of nitrogens with zero attached hydrogens (tertiary/aromatic N) is 1. The summed E-state index contributed by atoms with van der Waals surface area (Å²) in [5.74, 6) is 0. The highest BCUT2D eigenvalue weighted by Crippen LogP contribution is 2.07. The minimum absolute atomic E-state index is 0.138. The summed E-state index contributed by atoms with van der Waals surface area (Å²) >= 11 is 3.39. The lowest BCUT2D eigenvalue weighted by Crippen LogP contribution is -2.25. The lowest BCUT2D eigenvalue weighted by atomic mass is 10.2. The van der Waals surface area contributed by atoms with Crippen LogP contribution in [0.3, 0.4) is 0 Å². The zero-order chi connectivity index (χ0) is 9.52. The minimum Gasteiger partial charge on any atom is -0.448 e. The lowest BCUT2D eigenvalue weighted by molar-refractivity contribution is 0.158. The van der Waals surface area contributed by atoms with Gasteiger partial charge in [-0.1, -0.05) is 28.8 Å². The molecule has 0 aliphatic carbocycles. The van der Waals surface area contributed by atoms with Crippen molar-refractivity contribution < 1.29 is 9.53 Å². The zero-order valence-electron chi connectivity index (χ0n) is 7.80. The van der Waals surface area contributed by atoms with E-state index in [0.29, 0.717) is 6.61 Å². The molecule has 0 radical (unpaired) electrons. The van der Waals surface area contributed by atoms with E-state index in [-0.39, 0.29) is 6.09 Å². The Morgan fingerprint density at radius 2 is 2.08 bits per heavy atom. The van der Waals surface area contributed by atoms with Crippen molar-refractivity contribution in [1.29, 1.82) is 0 Å². The molecule has 0 saturated carbocycles. The number of hydrogen-bond donors (Lipinski definition) is 0. The SMILES string of the molecule is O=C1OCCN1CCCCCCBr. The number of carbonyl (C=O) groups is 1. The Balaban J connectivity index is 1.96. The van der Waals surface area contributed by atoms with Gasteiger partial charge in [0.15, 0.2) is 0 Å². The van der Waals surface area contributed by atoms with Gasteiger partial charge in [0.25, 0.3) is 0 Å². The topological polar surface area (TPSA) is 29.5 Å². The van der Waals surface area contributed by atoms with Crippen LogP contribution in [0.2, 0.25) is 0 Å². The van der Waals surface area contributed by atoms with Gasteiger partial charge in [-0.3, -0.25) is 0 Å². The van der Waals surface area contributed by atoms with Crippen molar-refractivity contribution in [3.05, 3.63) is 0 Å². The number of ether oxygens (including phenoxy) is 1. The van der Waals surface area contributed by atoms with Crippen LogP contribution in [0.1, 0.15) is 25.7 Å². The van der Waals surface area contributed by atoms with Crippen LogP contribution < -0.4 is 0 Å². The van der Waals surface area contributed by atoms with Crippen molar-refractivity contribution in [2.75, 3.05) is 25.0 Å². The van der Waals surface area contributed by atoms with Crippen LogP contribution in [0.4, 0.5) is 4.79 Å². The van der Waals surface area contributed by atoms with Crippen LogP contribution in [0.5, 0.6) is 0 Å². The number of hydrogen-bond acceptors (Lipinski definition) is 2. The van der Waals surface area contributed by atoms with Crippen molar-refractivity contribution >= 4 is 22.0 Å². The molecule has 1 amide bonds. The predicted octanol–water partition coefficient (Wildman–Crippen LogP) is 2.39. The van der Waals surface area contributed by atoms with E-state index in [4.69, 9.17) is 4.74 Å². The number of halogens is 1. The van der Waals surface area contributed by atoms with Crippen LogP contribution in [0.25, 0.3) is 0 Å². The lowest BCUT2D eigenvalue weighted by Gasteiger charge is -2.11. The van der Waals surface area contributed by atoms with E-state index in [9.17, 15) is 4.79 Å². The van der Waals surface area contributed by atoms with E-state index in [1.165, 1.54) is 19.3 Å². The fourth-order valence-corrected chi connectivity index (χ4v) is 1.78. The molecule has 0 aromatic rings. The van der Waals surface area contributed by atoms with Gasteiger partial charge in [-0.25, -0.2) is 4.79 Å². The third-order valence-electron chi connectivity index (χ3n) is 2.16. The Bertz CT molecular complexity index is 164. The highest BCUT2D eigenvalue weighted by atomic mass is 79.9. The van der Waals surface area contributed by atoms with Gasteiger partial charge in [0.1, 0.15) is 6.61 Å². The van der Waals surface area contributed by atoms with Crippen molar-refractivity contribution in [1.82, 2.24) is 4.90 Å². The number of alkyl halides is 1. The first-order chi connectivity index (χ1) is 6.34. The molecule has 0 bridgehead atoms. The van der Waals surface area contributed by atoms with E-state index in [1.54, 1.807) is 4.90 Å². The van der Waals surface area contributed by atoms with Gasteiger partial charge >= 0.3 is 6.09 Å². The molecule has 13 heavy (non-hydrogen) atoms. The number of carbonyl (C=O) groups excluding carboxylic acids is 1. The molecule has 0 aromatic heterocycles. The molecule has 1 saturated heterocycles. The molecule has 0 atom stereocenters. The Kier molecular flexibility index (Phi) is 5.20. The maximum absolute atomic E-state index is 11.0. The first-order valence-corrected chi connectivity index (χ1v) is 5.94. The molecule has 1 rings (SSSR count). The third kappa shape index (κ3) is 3.98. The summed E-state index contributed by atoms with van der Waals surface area (Å²) in [6.45, 7) is 2.21. The monoisotopic (exact) mass is 249 g/mol. The molecule has 76 valence electrons. The third-order valence-corrected chi connectivity index (χ3v) is 2.72. The average Bonchev–Trinajstić information content (AvgIpc) is 2.52. The van der Waals surface area contributed by atoms with Crippen molar-refractivity contribution in [3.63, 3.8) is 0 Å². The van der Waals surface area contributed by atoms with Gasteiger partial charge in [0.2, 0.25) is 0 Å². The Hall–Kier alpha value is -0.250. The summed E-state index contributed by atoms with van der Waals surface area (Å²) < 4.78 is 4.82. The van der Waals surface area contributed by atoms with E-state index < -0.39 is 0 Å². The maximum atomic E-state index is 11.0. The van der Waals surface area contributed by atoms with Crippen LogP contribution in [0, 0.1) is 0 Å². The molecule has 0 aromatic carbocycles. The molecule has 0 N–H and O–H groups in total. The van der Waals surface area contributed by atoms with Gasteiger partial charge < -0.3 is 9.64 Å². The second kappa shape index (κ2) is 6.24. The van der Waals surface area contributed by atoms with Gasteiger partial charge in [0.05, 0.1) is 6.54 Å². The Morgan fingerprint density at radius 3 is 2.69 bits per heavy atom. The van der Waals surface area contributed by atoms with Crippen molar-refractivity contribution in [3.8, 4) is 0 Å². The fraction of sp³-hybridized carbons (Fsp3) is 0.889. The van der Waals surface area contributed by atoms with Gasteiger partial charge in [0, 0.05) is 11.9 Å². The van der Waals surface area contributed by atoms with E-state index in [0.717, 1.165) is 24.8 Å². The van der Waals surface area contributed by atoms with Gasteiger partial charge in [-0.15, -0.1) is 0 Å². The summed E-state index contributed by atoms with van der Waals surface area (Å²) in [6, 6.07) is 0. The average molecular weight is 250 g/mol. The van der Waals surface area contributed by atoms with Crippen LogP contribution in [-0.4, -0.2) is 36.0 Å². The Morgan fingerprint density at radius 1 is 1.31 bits per heavy atom. The normalized spacial score (nSPS) is 16.4. The molecule has 1 heterocycles. The summed E-state index contributed by atoms with van der Waals surface area (Å²) in [4.78, 5) is 12.8. The van der Waals surface area contributed by atoms with Crippen molar-refractivity contribution in [2.45, 2.75) is 25.7 Å². The highest BCUT2D eigenvalue weighted by Gasteiger charge is 2.20. The van der Waals surface area contributed by atoms with Crippen LogP contribution in [0.15, 0.2) is 0 Å². The molecule has 1 aliphatic rings. The van der Waals surface area contributed by atoms with E-state index in [1.807, 2.05) is 0 Å². The maximum Gasteiger partial charge on any atom is 0.409 e. The molecule has 0 spiro atoms. The molecule has 4 heteroatoms. The molecule has 1 fully saturated rings. The number of amides is 1. The number of unbranched alkanes of at least 4 members (excludes halogenated alkanes) is 3. The summed E-state index contributed by atoms with van der Waals surface area (Å²) in [5.41, 5.74) is 0. The standard InChI is InChI=1S/C9H16BrNO2/c10-5-3-1-2-4-6-11-7-8-13-9(11)12/h1-8H2. The fourth-order valence-electron chi connectivity index (χ4n) is 1.38. The highest BCUT2D eigenvalue weighted by molar-refractivity contribution is 9.09. The molecule has 3 nitrogen and oxygen atoms in total. The molecular weight excluding hydrogens is 234 g/mol. The minimum atomic E-state index is -0.138. The van der Waals surface area contributed by atoms with E-state index in [2.05, 4.69) is 15.9 Å². The Labute approximate surface area is 87.6 Å². The van der Waals surface area contributed by atoms with Gasteiger partial charge in [-0.2, -0.15) is 0 Å². The zero-order valence-corrected chi connectivity index (χ0v) is 9.38. The molecule has 0 unspecified atom stereocenters. The number of rotatable bonds is 6. The van der Waals surface area contributed by atoms with Crippen molar-refractivity contribution in [2.24, 2.45) is 0 Å². The van der Waals surface area contributed by atoms with E-state index >= 15 is 0 Å². The first kappa shape index (κ1) is 10.8. The molecular formula is C9H16BrNO2. The van der Waals surface area contributed by atoms with Crippen LogP contribution in [-0.2, 0) is 4.74 Å². The second-order valence-electron chi connectivity index (χ2n) is 3.20. The van der Waals surface area contributed by atoms with Gasteiger partial charge in [-0.05, 0) is 12.8 Å². The first-order valence-electron chi connectivity index (χ1n) is 4.82. The summed E-state index contributed by atoms with van der Waals surface area (Å²) in [5, 5.41) is 1.08. The smallest absolute Gasteiger partial charge is 0.409 e. The number of cyclic esters (lactones) is 1.